The van der Waals surface area contributed by atoms with E-state index in [-0.39, 0.29) is 23.7 Å². The van der Waals surface area contributed by atoms with Crippen molar-refractivity contribution in [2.45, 2.75) is 33.7 Å². The van der Waals surface area contributed by atoms with Crippen LogP contribution >= 0.6 is 0 Å². The topological polar surface area (TPSA) is 70.2 Å². The van der Waals surface area contributed by atoms with Crippen LogP contribution in [-0.4, -0.2) is 25.4 Å². The van der Waals surface area contributed by atoms with E-state index in [0.29, 0.717) is 13.1 Å². The molecule has 1 rings (SSSR count). The standard InChI is InChI=1S/C17H27N3O2/c1-5-12(2)17(22)20-15-8-6-7-14(9-15)11-19-16(21)13(3)10-18-4/h6-9,12-13,18H,5,10-11H2,1-4H3,(H,19,21)(H,20,22). The quantitative estimate of drug-likeness (QED) is 0.689. The molecule has 0 aromatic heterocycles. The van der Waals surface area contributed by atoms with Gasteiger partial charge in [0.05, 0.1) is 0 Å². The molecule has 0 saturated carbocycles. The Morgan fingerprint density at radius 1 is 1.14 bits per heavy atom. The van der Waals surface area contributed by atoms with E-state index in [1.165, 1.54) is 0 Å². The van der Waals surface area contributed by atoms with E-state index in [1.807, 2.05) is 52.1 Å². The molecular weight excluding hydrogens is 278 g/mol. The lowest BCUT2D eigenvalue weighted by Gasteiger charge is -2.13. The average molecular weight is 305 g/mol. The number of anilines is 1. The molecule has 0 spiro atoms. The monoisotopic (exact) mass is 305 g/mol. The zero-order chi connectivity index (χ0) is 16.5. The largest absolute Gasteiger partial charge is 0.352 e. The summed E-state index contributed by atoms with van der Waals surface area (Å²) in [4.78, 5) is 23.8. The van der Waals surface area contributed by atoms with Gasteiger partial charge in [0.2, 0.25) is 11.8 Å². The number of carbonyl (C=O) groups is 2. The molecule has 1 aromatic rings. The average Bonchev–Trinajstić information content (AvgIpc) is 2.52. The highest BCUT2D eigenvalue weighted by molar-refractivity contribution is 5.92. The van der Waals surface area contributed by atoms with Gasteiger partial charge < -0.3 is 16.0 Å². The molecule has 0 aliphatic carbocycles. The van der Waals surface area contributed by atoms with Crippen LogP contribution in [0.25, 0.3) is 0 Å². The van der Waals surface area contributed by atoms with Gasteiger partial charge in [0.15, 0.2) is 0 Å². The third-order valence-electron chi connectivity index (χ3n) is 3.68. The van der Waals surface area contributed by atoms with E-state index in [4.69, 9.17) is 0 Å². The van der Waals surface area contributed by atoms with Crippen molar-refractivity contribution < 1.29 is 9.59 Å². The number of benzene rings is 1. The van der Waals surface area contributed by atoms with Crippen LogP contribution in [0.1, 0.15) is 32.8 Å². The minimum atomic E-state index is -0.0710. The molecule has 2 amide bonds. The van der Waals surface area contributed by atoms with Crippen LogP contribution in [0.2, 0.25) is 0 Å². The molecule has 2 atom stereocenters. The molecular formula is C17H27N3O2. The first-order chi connectivity index (χ1) is 10.5. The second-order valence-electron chi connectivity index (χ2n) is 5.68. The van der Waals surface area contributed by atoms with Crippen LogP contribution in [0.5, 0.6) is 0 Å². The molecule has 22 heavy (non-hydrogen) atoms. The van der Waals surface area contributed by atoms with Crippen molar-refractivity contribution in [3.63, 3.8) is 0 Å². The maximum Gasteiger partial charge on any atom is 0.227 e. The van der Waals surface area contributed by atoms with Crippen molar-refractivity contribution >= 4 is 17.5 Å². The Kier molecular flexibility index (Phi) is 7.60. The van der Waals surface area contributed by atoms with Gasteiger partial charge in [-0.1, -0.05) is 32.9 Å². The van der Waals surface area contributed by atoms with Crippen LogP contribution < -0.4 is 16.0 Å². The maximum atomic E-state index is 11.9. The van der Waals surface area contributed by atoms with Gasteiger partial charge in [-0.2, -0.15) is 0 Å². The first-order valence-electron chi connectivity index (χ1n) is 7.80. The van der Waals surface area contributed by atoms with Crippen molar-refractivity contribution in [1.82, 2.24) is 10.6 Å². The molecule has 0 aliphatic rings. The van der Waals surface area contributed by atoms with E-state index >= 15 is 0 Å². The zero-order valence-corrected chi connectivity index (χ0v) is 13.9. The summed E-state index contributed by atoms with van der Waals surface area (Å²) in [5.74, 6) is -0.0428. The lowest BCUT2D eigenvalue weighted by atomic mass is 10.1. The van der Waals surface area contributed by atoms with E-state index in [9.17, 15) is 9.59 Å². The zero-order valence-electron chi connectivity index (χ0n) is 13.9. The molecule has 0 aliphatic heterocycles. The van der Waals surface area contributed by atoms with Gasteiger partial charge in [0.25, 0.3) is 0 Å². The van der Waals surface area contributed by atoms with Crippen LogP contribution in [0, 0.1) is 11.8 Å². The summed E-state index contributed by atoms with van der Waals surface area (Å²) in [6.45, 7) is 6.89. The van der Waals surface area contributed by atoms with Crippen molar-refractivity contribution in [2.75, 3.05) is 18.9 Å². The molecule has 5 heteroatoms. The van der Waals surface area contributed by atoms with Crippen molar-refractivity contribution in [3.05, 3.63) is 29.8 Å². The minimum Gasteiger partial charge on any atom is -0.352 e. The fourth-order valence-electron chi connectivity index (χ4n) is 1.97. The summed E-state index contributed by atoms with van der Waals surface area (Å²) >= 11 is 0. The summed E-state index contributed by atoms with van der Waals surface area (Å²) in [5, 5.41) is 8.79. The maximum absolute atomic E-state index is 11.9. The van der Waals surface area contributed by atoms with Gasteiger partial charge in [-0.15, -0.1) is 0 Å². The Balaban J connectivity index is 2.57. The van der Waals surface area contributed by atoms with E-state index in [2.05, 4.69) is 16.0 Å². The van der Waals surface area contributed by atoms with Gasteiger partial charge >= 0.3 is 0 Å². The Bertz CT molecular complexity index is 502. The number of amides is 2. The SMILES string of the molecule is CCC(C)C(=O)Nc1cccc(CNC(=O)C(C)CNC)c1. The third kappa shape index (κ3) is 5.85. The predicted molar refractivity (Wildman–Crippen MR) is 89.5 cm³/mol. The lowest BCUT2D eigenvalue weighted by molar-refractivity contribution is -0.124. The Hall–Kier alpha value is -1.88. The van der Waals surface area contributed by atoms with Crippen molar-refractivity contribution in [3.8, 4) is 0 Å². The molecule has 0 bridgehead atoms. The van der Waals surface area contributed by atoms with Gasteiger partial charge in [0.1, 0.15) is 0 Å². The second kappa shape index (κ2) is 9.20. The van der Waals surface area contributed by atoms with Crippen LogP contribution in [-0.2, 0) is 16.1 Å². The molecule has 122 valence electrons. The molecule has 0 radical (unpaired) electrons. The highest BCUT2D eigenvalue weighted by atomic mass is 16.2. The summed E-state index contributed by atoms with van der Waals surface area (Å²) in [6.07, 6.45) is 0.810. The third-order valence-corrected chi connectivity index (χ3v) is 3.68. The van der Waals surface area contributed by atoms with E-state index < -0.39 is 0 Å². The molecule has 0 fully saturated rings. The molecule has 3 N–H and O–H groups in total. The first-order valence-corrected chi connectivity index (χ1v) is 7.80. The summed E-state index contributed by atoms with van der Waals surface area (Å²) in [6, 6.07) is 7.56. The molecule has 0 saturated heterocycles. The fourth-order valence-corrected chi connectivity index (χ4v) is 1.97. The summed E-state index contributed by atoms with van der Waals surface area (Å²) in [7, 11) is 1.83. The number of carbonyl (C=O) groups excluding carboxylic acids is 2. The highest BCUT2D eigenvalue weighted by Gasteiger charge is 2.12. The summed E-state index contributed by atoms with van der Waals surface area (Å²) < 4.78 is 0. The number of hydrogen-bond donors (Lipinski definition) is 3. The van der Waals surface area contributed by atoms with Gasteiger partial charge in [0, 0.05) is 30.6 Å². The molecule has 0 heterocycles. The van der Waals surface area contributed by atoms with Crippen LogP contribution in [0.15, 0.2) is 24.3 Å². The summed E-state index contributed by atoms with van der Waals surface area (Å²) in [5.41, 5.74) is 1.73. The highest BCUT2D eigenvalue weighted by Crippen LogP contribution is 2.13. The van der Waals surface area contributed by atoms with Crippen LogP contribution in [0.3, 0.4) is 0 Å². The molecule has 1 aromatic carbocycles. The number of rotatable bonds is 8. The number of hydrogen-bond acceptors (Lipinski definition) is 3. The Morgan fingerprint density at radius 2 is 1.86 bits per heavy atom. The van der Waals surface area contributed by atoms with Gasteiger partial charge in [-0.05, 0) is 31.2 Å². The molecule has 2 unspecified atom stereocenters. The van der Waals surface area contributed by atoms with Gasteiger partial charge in [-0.3, -0.25) is 9.59 Å². The normalized spacial score (nSPS) is 13.3. The van der Waals surface area contributed by atoms with E-state index in [0.717, 1.165) is 17.7 Å². The van der Waals surface area contributed by atoms with E-state index in [1.54, 1.807) is 0 Å². The predicted octanol–water partition coefficient (Wildman–Crippen LogP) is 2.14. The fraction of sp³-hybridized carbons (Fsp3) is 0.529. The van der Waals surface area contributed by atoms with Crippen molar-refractivity contribution in [1.29, 1.82) is 0 Å². The smallest absolute Gasteiger partial charge is 0.227 e. The molecule has 5 nitrogen and oxygen atoms in total. The first kappa shape index (κ1) is 18.2. The second-order valence-corrected chi connectivity index (χ2v) is 5.68. The lowest BCUT2D eigenvalue weighted by Crippen LogP contribution is -2.33. The minimum absolute atomic E-state index is 0.00856. The van der Waals surface area contributed by atoms with Crippen molar-refractivity contribution in [2.24, 2.45) is 11.8 Å². The van der Waals surface area contributed by atoms with Gasteiger partial charge in [-0.25, -0.2) is 0 Å². The van der Waals surface area contributed by atoms with Crippen LogP contribution in [0.4, 0.5) is 5.69 Å². The number of nitrogens with one attached hydrogen (secondary N) is 3. The Morgan fingerprint density at radius 3 is 2.50 bits per heavy atom. The Labute approximate surface area is 132 Å².